The van der Waals surface area contributed by atoms with Gasteiger partial charge >= 0.3 is 6.03 Å². The number of imide groups is 1. The average Bonchev–Trinajstić information content (AvgIpc) is 3.22. The van der Waals surface area contributed by atoms with Crippen LogP contribution in [0, 0.1) is 5.92 Å². The fraction of sp³-hybridized carbons (Fsp3) is 0.405. The first-order valence-corrected chi connectivity index (χ1v) is 23.0. The van der Waals surface area contributed by atoms with Gasteiger partial charge in [-0.1, -0.05) is 23.7 Å². The van der Waals surface area contributed by atoms with Crippen LogP contribution in [0.5, 0.6) is 5.75 Å². The van der Waals surface area contributed by atoms with Crippen LogP contribution in [0.3, 0.4) is 0 Å². The molecule has 0 bridgehead atoms. The zero-order chi connectivity index (χ0) is 41.3. The molecule has 0 radical (unpaired) electrons. The zero-order valence-corrected chi connectivity index (χ0v) is 35.2. The molecule has 4 aromatic rings. The highest BCUT2D eigenvalue weighted by Gasteiger charge is 2.38. The van der Waals surface area contributed by atoms with Gasteiger partial charge in [-0.25, -0.2) is 9.78 Å². The first kappa shape index (κ1) is 40.4. The summed E-state index contributed by atoms with van der Waals surface area (Å²) in [5.41, 5.74) is 4.25. The van der Waals surface area contributed by atoms with Crippen molar-refractivity contribution in [1.29, 1.82) is 0 Å². The largest absolute Gasteiger partial charge is 0.494 e. The minimum Gasteiger partial charge on any atom is -0.494 e. The number of nitrogens with one attached hydrogen (secondary N) is 3. The first-order valence-electron chi connectivity index (χ1n) is 20.1. The Morgan fingerprint density at radius 3 is 2.24 bits per heavy atom. The van der Waals surface area contributed by atoms with E-state index in [9.17, 15) is 18.9 Å². The van der Waals surface area contributed by atoms with E-state index in [-0.39, 0.29) is 24.2 Å². The van der Waals surface area contributed by atoms with Gasteiger partial charge in [0.2, 0.25) is 17.8 Å². The summed E-state index contributed by atoms with van der Waals surface area (Å²) >= 11 is 6.48. The topological polar surface area (TPSA) is 156 Å². The lowest BCUT2D eigenvalue weighted by Gasteiger charge is -2.46. The molecule has 0 saturated carbocycles. The standard InChI is InChI=1S/C42H50ClN10O5P/c1-58-36-24-32(12-13-34(36)46-41-44-25-33(43)39(48-41)45-35-6-4-5-7-37(35)59(2,3)57)49-17-14-30(15-18-49)50-20-22-51(23-21-50)40(55)28-26-52(27-28)29-8-10-31(11-9-29)53-19-16-38(54)47-42(53)56/h4-13,24-25,28,30H,14-23,26-27H2,1-3H3,(H,47,54,56)(H2,44,45,46,48). The highest BCUT2D eigenvalue weighted by atomic mass is 35.5. The predicted molar refractivity (Wildman–Crippen MR) is 233 cm³/mol. The number of methoxy groups -OCH3 is 1. The van der Waals surface area contributed by atoms with Gasteiger partial charge in [0.25, 0.3) is 0 Å². The fourth-order valence-corrected chi connectivity index (χ4v) is 9.64. The number of carbonyl (C=O) groups excluding carboxylic acids is 3. The summed E-state index contributed by atoms with van der Waals surface area (Å²) in [5, 5.41) is 9.93. The summed E-state index contributed by atoms with van der Waals surface area (Å²) in [7, 11) is -0.905. The molecule has 4 saturated heterocycles. The summed E-state index contributed by atoms with van der Waals surface area (Å²) in [6.07, 6.45) is 3.89. The number of piperidine rings is 1. The van der Waals surface area contributed by atoms with Crippen LogP contribution in [-0.4, -0.2) is 123 Å². The van der Waals surface area contributed by atoms with Crippen LogP contribution >= 0.6 is 18.7 Å². The average molecular weight is 841 g/mol. The quantitative estimate of drug-likeness (QED) is 0.162. The molecule has 5 heterocycles. The second-order valence-corrected chi connectivity index (χ2v) is 19.4. The van der Waals surface area contributed by atoms with Crippen molar-refractivity contribution in [2.45, 2.75) is 25.3 Å². The van der Waals surface area contributed by atoms with Gasteiger partial charge in [0.15, 0.2) is 5.82 Å². The van der Waals surface area contributed by atoms with Crippen LogP contribution in [0.15, 0.2) is 72.9 Å². The number of para-hydroxylation sites is 1. The second kappa shape index (κ2) is 17.1. The Morgan fingerprint density at radius 2 is 1.54 bits per heavy atom. The van der Waals surface area contributed by atoms with Gasteiger partial charge in [-0.15, -0.1) is 0 Å². The smallest absolute Gasteiger partial charge is 0.328 e. The van der Waals surface area contributed by atoms with E-state index in [4.69, 9.17) is 16.3 Å². The molecule has 15 nitrogen and oxygen atoms in total. The van der Waals surface area contributed by atoms with Gasteiger partial charge in [0, 0.05) is 99.8 Å². The molecule has 8 rings (SSSR count). The molecule has 0 aliphatic carbocycles. The number of carbonyl (C=O) groups is 3. The Hall–Kier alpha value is -5.37. The molecule has 4 aliphatic heterocycles. The van der Waals surface area contributed by atoms with Crippen molar-refractivity contribution in [2.75, 3.05) is 105 Å². The Bertz CT molecular complexity index is 2250. The van der Waals surface area contributed by atoms with Gasteiger partial charge in [0.05, 0.1) is 30.6 Å². The van der Waals surface area contributed by atoms with E-state index in [2.05, 4.69) is 46.7 Å². The monoisotopic (exact) mass is 840 g/mol. The van der Waals surface area contributed by atoms with Crippen molar-refractivity contribution in [2.24, 2.45) is 5.92 Å². The Kier molecular flexibility index (Phi) is 11.7. The summed E-state index contributed by atoms with van der Waals surface area (Å²) in [6, 6.07) is 21.3. The maximum atomic E-state index is 13.4. The van der Waals surface area contributed by atoms with E-state index in [1.807, 2.05) is 65.6 Å². The molecule has 4 fully saturated rings. The van der Waals surface area contributed by atoms with Gasteiger partial charge in [-0.2, -0.15) is 4.98 Å². The van der Waals surface area contributed by atoms with Crippen LogP contribution in [0.2, 0.25) is 5.02 Å². The zero-order valence-electron chi connectivity index (χ0n) is 33.6. The van der Waals surface area contributed by atoms with E-state index in [0.717, 1.165) is 69.2 Å². The third kappa shape index (κ3) is 8.97. The van der Waals surface area contributed by atoms with Crippen LogP contribution in [-0.2, 0) is 14.2 Å². The summed E-state index contributed by atoms with van der Waals surface area (Å²) in [4.78, 5) is 56.9. The molecular weight excluding hydrogens is 791 g/mol. The van der Waals surface area contributed by atoms with Gasteiger partial charge in [-0.3, -0.25) is 24.7 Å². The minimum atomic E-state index is -2.55. The predicted octanol–water partition coefficient (Wildman–Crippen LogP) is 5.57. The number of hydrogen-bond acceptors (Lipinski definition) is 12. The number of benzene rings is 3. The van der Waals surface area contributed by atoms with Crippen molar-refractivity contribution >= 4 is 82.1 Å². The van der Waals surface area contributed by atoms with Gasteiger partial charge in [0.1, 0.15) is 17.9 Å². The summed E-state index contributed by atoms with van der Waals surface area (Å²) in [5.74, 6) is 1.37. The number of aromatic nitrogens is 2. The lowest BCUT2D eigenvalue weighted by Crippen LogP contribution is -2.59. The number of urea groups is 1. The normalized spacial score (nSPS) is 18.4. The van der Waals surface area contributed by atoms with Gasteiger partial charge < -0.3 is 34.6 Å². The lowest BCUT2D eigenvalue weighted by molar-refractivity contribution is -0.138. The third-order valence-electron chi connectivity index (χ3n) is 11.7. The first-order chi connectivity index (χ1) is 28.4. The van der Waals surface area contributed by atoms with Crippen LogP contribution in [0.4, 0.5) is 45.0 Å². The maximum Gasteiger partial charge on any atom is 0.328 e. The van der Waals surface area contributed by atoms with Crippen molar-refractivity contribution in [3.63, 3.8) is 0 Å². The molecule has 0 unspecified atom stereocenters. The summed E-state index contributed by atoms with van der Waals surface area (Å²) < 4.78 is 18.7. The van der Waals surface area contributed by atoms with E-state index in [1.54, 1.807) is 25.3 Å². The summed E-state index contributed by atoms with van der Waals surface area (Å²) in [6.45, 7) is 10.3. The maximum absolute atomic E-state index is 13.4. The Morgan fingerprint density at radius 1 is 0.847 bits per heavy atom. The highest BCUT2D eigenvalue weighted by molar-refractivity contribution is 7.70. The number of hydrogen-bond donors (Lipinski definition) is 3. The van der Waals surface area contributed by atoms with Crippen molar-refractivity contribution in [1.82, 2.24) is 25.1 Å². The Balaban J connectivity index is 0.797. The molecule has 3 N–H and O–H groups in total. The number of rotatable bonds is 11. The molecule has 0 spiro atoms. The molecular formula is C42H50ClN10O5P. The second-order valence-electron chi connectivity index (χ2n) is 15.8. The lowest BCUT2D eigenvalue weighted by atomic mass is 9.96. The van der Waals surface area contributed by atoms with Crippen molar-refractivity contribution < 1.29 is 23.7 Å². The van der Waals surface area contributed by atoms with Crippen LogP contribution < -0.4 is 40.7 Å². The number of halogens is 1. The number of nitrogens with zero attached hydrogens (tertiary/aromatic N) is 7. The number of ether oxygens (including phenoxy) is 1. The SMILES string of the molecule is COc1cc(N2CCC(N3CCN(C(=O)C4CN(c5ccc(N6CCC(=O)NC6=O)cc5)C4)CC3)CC2)ccc1Nc1ncc(Cl)c(Nc2ccccc2P(C)(C)=O)n1. The molecule has 17 heteroatoms. The molecule has 59 heavy (non-hydrogen) atoms. The molecule has 3 aromatic carbocycles. The highest BCUT2D eigenvalue weighted by Crippen LogP contribution is 2.39. The van der Waals surface area contributed by atoms with E-state index >= 15 is 0 Å². The van der Waals surface area contributed by atoms with Crippen molar-refractivity contribution in [3.05, 3.63) is 77.9 Å². The molecule has 4 amide bonds. The molecule has 4 aliphatic rings. The molecule has 0 atom stereocenters. The Labute approximate surface area is 349 Å². The number of piperazine rings is 1. The molecule has 1 aromatic heterocycles. The minimum absolute atomic E-state index is 0.0116. The van der Waals surface area contributed by atoms with Crippen LogP contribution in [0.25, 0.3) is 0 Å². The van der Waals surface area contributed by atoms with E-state index in [0.29, 0.717) is 64.9 Å². The number of amides is 4. The van der Waals surface area contributed by atoms with Crippen LogP contribution in [0.1, 0.15) is 19.3 Å². The third-order valence-corrected chi connectivity index (χ3v) is 13.5. The molecule has 310 valence electrons. The number of anilines is 7. The van der Waals surface area contributed by atoms with E-state index in [1.165, 1.54) is 6.20 Å². The van der Waals surface area contributed by atoms with E-state index < -0.39 is 13.2 Å². The van der Waals surface area contributed by atoms with Crippen molar-refractivity contribution in [3.8, 4) is 5.75 Å². The fourth-order valence-electron chi connectivity index (χ4n) is 8.35. The van der Waals surface area contributed by atoms with Gasteiger partial charge in [-0.05, 0) is 74.7 Å².